The molecule has 2 aromatic carbocycles. The smallest absolute Gasteiger partial charge is 0.251 e. The van der Waals surface area contributed by atoms with Gasteiger partial charge in [0.2, 0.25) is 0 Å². The van der Waals surface area contributed by atoms with E-state index in [1.54, 1.807) is 6.07 Å². The van der Waals surface area contributed by atoms with Gasteiger partial charge in [0.25, 0.3) is 5.91 Å². The van der Waals surface area contributed by atoms with E-state index in [4.69, 9.17) is 27.9 Å². The second kappa shape index (κ2) is 9.95. The molecule has 5 unspecified atom stereocenters. The third-order valence-corrected chi connectivity index (χ3v) is 6.46. The molecule has 6 nitrogen and oxygen atoms in total. The fourth-order valence-corrected chi connectivity index (χ4v) is 4.43. The van der Waals surface area contributed by atoms with Gasteiger partial charge >= 0.3 is 0 Å². The molecule has 1 amide bonds. The number of hydrogen-bond donors (Lipinski definition) is 4. The number of aliphatic hydroxyl groups excluding tert-OH is 3. The molecule has 12 heteroatoms. The summed E-state index contributed by atoms with van der Waals surface area (Å²) < 4.78 is 45.5. The molecule has 0 aliphatic carbocycles. The molecule has 168 valence electrons. The third-order valence-electron chi connectivity index (χ3n) is 4.57. The molecule has 4 N–H and O–H groups in total. The maximum Gasteiger partial charge on any atom is 0.251 e. The lowest BCUT2D eigenvalue weighted by Crippen LogP contribution is -2.63. The van der Waals surface area contributed by atoms with E-state index in [0.29, 0.717) is 22.1 Å². The van der Waals surface area contributed by atoms with Crippen LogP contribution in [0.15, 0.2) is 35.2 Å². The van der Waals surface area contributed by atoms with Gasteiger partial charge in [-0.1, -0.05) is 35.0 Å². The van der Waals surface area contributed by atoms with E-state index in [0.717, 1.165) is 11.8 Å². The van der Waals surface area contributed by atoms with Crippen LogP contribution in [0.4, 0.5) is 13.2 Å². The van der Waals surface area contributed by atoms with Crippen LogP contribution in [-0.2, 0) is 4.74 Å². The first kappa shape index (κ1) is 24.1. The highest BCUT2D eigenvalue weighted by atomic mass is 35.5. The summed E-state index contributed by atoms with van der Waals surface area (Å²) in [6.45, 7) is -0.640. The van der Waals surface area contributed by atoms with Crippen LogP contribution in [0, 0.1) is 17.5 Å². The number of ether oxygens (including phenoxy) is 1. The zero-order chi connectivity index (χ0) is 22.9. The first-order chi connectivity index (χ1) is 14.6. The van der Waals surface area contributed by atoms with Gasteiger partial charge < -0.3 is 25.4 Å². The monoisotopic (exact) mass is 497 g/mol. The van der Waals surface area contributed by atoms with E-state index < -0.39 is 65.3 Å². The Bertz CT molecular complexity index is 963. The second-order valence-electron chi connectivity index (χ2n) is 6.65. The minimum Gasteiger partial charge on any atom is -0.394 e. The summed E-state index contributed by atoms with van der Waals surface area (Å²) in [4.78, 5) is 13.0. The van der Waals surface area contributed by atoms with Crippen LogP contribution in [0.2, 0.25) is 10.0 Å². The Balaban J connectivity index is 1.82. The van der Waals surface area contributed by atoms with Crippen molar-refractivity contribution in [2.24, 2.45) is 0 Å². The van der Waals surface area contributed by atoms with E-state index in [-0.39, 0.29) is 5.02 Å². The standard InChI is InChI=1S/C19H16Cl2F3NO5S/c20-9-2-1-8(5-10(9)21)31-19-17(28)15(16(27)13(6-26)30-19)25-18(29)7-3-11(22)14(24)12(23)4-7/h1-5,13,15-17,19,26-28H,6H2,(H,25,29). The highest BCUT2D eigenvalue weighted by Gasteiger charge is 2.45. The number of halogens is 5. The minimum absolute atomic E-state index is 0.251. The van der Waals surface area contributed by atoms with E-state index in [2.05, 4.69) is 5.32 Å². The maximum atomic E-state index is 13.4. The van der Waals surface area contributed by atoms with E-state index in [1.807, 2.05) is 0 Å². The quantitative estimate of drug-likeness (QED) is 0.474. The summed E-state index contributed by atoms with van der Waals surface area (Å²) in [5.74, 6) is -5.95. The van der Waals surface area contributed by atoms with Crippen LogP contribution in [0.3, 0.4) is 0 Å². The van der Waals surface area contributed by atoms with E-state index >= 15 is 0 Å². The van der Waals surface area contributed by atoms with Gasteiger partial charge in [-0.3, -0.25) is 4.79 Å². The predicted molar refractivity (Wildman–Crippen MR) is 108 cm³/mol. The van der Waals surface area contributed by atoms with Crippen molar-refractivity contribution in [3.8, 4) is 0 Å². The minimum atomic E-state index is -1.74. The number of hydrogen-bond acceptors (Lipinski definition) is 6. The fourth-order valence-electron chi connectivity index (χ4n) is 2.96. The molecular formula is C19H16Cl2F3NO5S. The van der Waals surface area contributed by atoms with E-state index in [1.165, 1.54) is 12.1 Å². The molecule has 5 atom stereocenters. The van der Waals surface area contributed by atoms with Crippen molar-refractivity contribution >= 4 is 40.9 Å². The van der Waals surface area contributed by atoms with Crippen LogP contribution in [-0.4, -0.2) is 57.6 Å². The van der Waals surface area contributed by atoms with Crippen LogP contribution in [0.5, 0.6) is 0 Å². The number of aliphatic hydroxyl groups is 3. The summed E-state index contributed by atoms with van der Waals surface area (Å²) in [5, 5.41) is 33.4. The second-order valence-corrected chi connectivity index (χ2v) is 8.64. The molecule has 31 heavy (non-hydrogen) atoms. The summed E-state index contributed by atoms with van der Waals surface area (Å²) in [6.07, 6.45) is -4.24. The van der Waals surface area contributed by atoms with Crippen LogP contribution in [0.1, 0.15) is 10.4 Å². The molecule has 0 aromatic heterocycles. The number of thioether (sulfide) groups is 1. The number of carbonyl (C=O) groups excluding carboxylic acids is 1. The largest absolute Gasteiger partial charge is 0.394 e. The average molecular weight is 498 g/mol. The van der Waals surface area contributed by atoms with Crippen molar-refractivity contribution in [2.75, 3.05) is 6.61 Å². The summed E-state index contributed by atoms with van der Waals surface area (Å²) >= 11 is 12.8. The first-order valence-corrected chi connectivity index (χ1v) is 10.5. The van der Waals surface area contributed by atoms with Crippen LogP contribution < -0.4 is 5.32 Å². The fraction of sp³-hybridized carbons (Fsp3) is 0.316. The van der Waals surface area contributed by atoms with Crippen molar-refractivity contribution in [1.82, 2.24) is 5.32 Å². The van der Waals surface area contributed by atoms with Crippen molar-refractivity contribution in [1.29, 1.82) is 0 Å². The molecular weight excluding hydrogens is 482 g/mol. The van der Waals surface area contributed by atoms with Crippen molar-refractivity contribution in [3.63, 3.8) is 0 Å². The Hall–Kier alpha value is -1.53. The lowest BCUT2D eigenvalue weighted by atomic mass is 9.96. The normalized spacial score (nSPS) is 26.0. The highest BCUT2D eigenvalue weighted by molar-refractivity contribution is 7.99. The highest BCUT2D eigenvalue weighted by Crippen LogP contribution is 2.36. The van der Waals surface area contributed by atoms with E-state index in [9.17, 15) is 33.3 Å². The predicted octanol–water partition coefficient (Wildman–Crippen LogP) is 2.74. The van der Waals surface area contributed by atoms with Crippen LogP contribution in [0.25, 0.3) is 0 Å². The summed E-state index contributed by atoms with van der Waals surface area (Å²) in [5.41, 5.74) is -1.62. The molecule has 1 aliphatic heterocycles. The first-order valence-electron chi connectivity index (χ1n) is 8.82. The third kappa shape index (κ3) is 5.28. The zero-order valence-corrected chi connectivity index (χ0v) is 17.8. The molecule has 2 aromatic rings. The summed E-state index contributed by atoms with van der Waals surface area (Å²) in [7, 11) is 0. The molecule has 1 aliphatic rings. The lowest BCUT2D eigenvalue weighted by molar-refractivity contribution is -0.164. The molecule has 0 spiro atoms. The average Bonchev–Trinajstić information content (AvgIpc) is 2.73. The molecule has 1 fully saturated rings. The molecule has 0 radical (unpaired) electrons. The number of carbonyl (C=O) groups is 1. The Morgan fingerprint density at radius 1 is 1.06 bits per heavy atom. The molecule has 0 saturated carbocycles. The van der Waals surface area contributed by atoms with Crippen LogP contribution >= 0.6 is 35.0 Å². The topological polar surface area (TPSA) is 99.0 Å². The van der Waals surface area contributed by atoms with Crippen molar-refractivity contribution in [2.45, 2.75) is 34.7 Å². The van der Waals surface area contributed by atoms with Gasteiger partial charge in [0.05, 0.1) is 22.7 Å². The van der Waals surface area contributed by atoms with Gasteiger partial charge in [-0.15, -0.1) is 0 Å². The van der Waals surface area contributed by atoms with Gasteiger partial charge in [0, 0.05) is 10.5 Å². The summed E-state index contributed by atoms with van der Waals surface area (Å²) in [6, 6.07) is 4.23. The number of benzene rings is 2. The zero-order valence-electron chi connectivity index (χ0n) is 15.4. The van der Waals surface area contributed by atoms with Crippen molar-refractivity contribution < 1.29 is 38.0 Å². The SMILES string of the molecule is O=C(NC1C(O)C(CO)OC(Sc2ccc(Cl)c(Cl)c2)C1O)c1cc(F)c(F)c(F)c1. The number of nitrogens with one attached hydrogen (secondary N) is 1. The molecule has 1 saturated heterocycles. The Morgan fingerprint density at radius 2 is 1.71 bits per heavy atom. The maximum absolute atomic E-state index is 13.4. The Morgan fingerprint density at radius 3 is 2.29 bits per heavy atom. The Kier molecular flexibility index (Phi) is 7.74. The molecule has 0 bridgehead atoms. The van der Waals surface area contributed by atoms with Crippen molar-refractivity contribution in [3.05, 3.63) is 63.4 Å². The molecule has 1 heterocycles. The van der Waals surface area contributed by atoms with Gasteiger partial charge in [-0.2, -0.15) is 0 Å². The molecule has 3 rings (SSSR count). The Labute approximate surface area is 188 Å². The lowest BCUT2D eigenvalue weighted by Gasteiger charge is -2.42. The van der Waals surface area contributed by atoms with Gasteiger partial charge in [-0.05, 0) is 30.3 Å². The van der Waals surface area contributed by atoms with Gasteiger partial charge in [0.1, 0.15) is 23.7 Å². The van der Waals surface area contributed by atoms with Gasteiger partial charge in [-0.25, -0.2) is 13.2 Å². The number of amides is 1. The van der Waals surface area contributed by atoms with Gasteiger partial charge in [0.15, 0.2) is 17.5 Å². The number of rotatable bonds is 5.